The van der Waals surface area contributed by atoms with Crippen LogP contribution in [0.15, 0.2) is 22.7 Å². The summed E-state index contributed by atoms with van der Waals surface area (Å²) in [4.78, 5) is 0. The highest BCUT2D eigenvalue weighted by atomic mass is 79.9. The van der Waals surface area contributed by atoms with Crippen LogP contribution in [0, 0.1) is 6.92 Å². The van der Waals surface area contributed by atoms with Gasteiger partial charge in [-0.3, -0.25) is 0 Å². The topological polar surface area (TPSA) is 38.0 Å². The minimum Gasteiger partial charge on any atom is -0.329 e. The fourth-order valence-electron chi connectivity index (χ4n) is 2.75. The van der Waals surface area contributed by atoms with Crippen LogP contribution in [0.1, 0.15) is 49.3 Å². The number of benzene rings is 1. The second-order valence-electron chi connectivity index (χ2n) is 5.31. The van der Waals surface area contributed by atoms with Gasteiger partial charge in [0.1, 0.15) is 0 Å². The van der Waals surface area contributed by atoms with Gasteiger partial charge in [0, 0.05) is 23.1 Å². The van der Waals surface area contributed by atoms with E-state index in [1.165, 1.54) is 47.7 Å². The molecule has 0 aromatic heterocycles. The summed E-state index contributed by atoms with van der Waals surface area (Å²) >= 11 is 3.66. The first kappa shape index (κ1) is 14.0. The first-order valence-corrected chi connectivity index (χ1v) is 7.72. The lowest BCUT2D eigenvalue weighted by Gasteiger charge is -2.28. The smallest absolute Gasteiger partial charge is 0.0457 e. The summed E-state index contributed by atoms with van der Waals surface area (Å²) in [5, 5.41) is 3.73. The molecular weight excluding hydrogens is 288 g/mol. The van der Waals surface area contributed by atoms with Crippen LogP contribution in [-0.4, -0.2) is 12.6 Å². The van der Waals surface area contributed by atoms with Crippen molar-refractivity contribution < 1.29 is 0 Å². The Balaban J connectivity index is 2.07. The van der Waals surface area contributed by atoms with E-state index in [0.29, 0.717) is 12.6 Å². The highest BCUT2D eigenvalue weighted by Crippen LogP contribution is 2.26. The quantitative estimate of drug-likeness (QED) is 0.890. The Labute approximate surface area is 118 Å². The number of nitrogens with two attached hydrogens (primary N) is 1. The van der Waals surface area contributed by atoms with Crippen LogP contribution < -0.4 is 11.1 Å². The zero-order valence-electron chi connectivity index (χ0n) is 11.1. The molecule has 100 valence electrons. The minimum absolute atomic E-state index is 0.267. The summed E-state index contributed by atoms with van der Waals surface area (Å²) < 4.78 is 1.17. The minimum atomic E-state index is 0.267. The predicted molar refractivity (Wildman–Crippen MR) is 80.7 cm³/mol. The van der Waals surface area contributed by atoms with E-state index in [2.05, 4.69) is 46.4 Å². The molecular formula is C15H23BrN2. The van der Waals surface area contributed by atoms with E-state index in [4.69, 9.17) is 5.73 Å². The molecule has 3 heteroatoms. The van der Waals surface area contributed by atoms with Gasteiger partial charge < -0.3 is 11.1 Å². The second-order valence-corrected chi connectivity index (χ2v) is 6.17. The number of halogens is 1. The molecule has 2 nitrogen and oxygen atoms in total. The van der Waals surface area contributed by atoms with Gasteiger partial charge in [-0.2, -0.15) is 0 Å². The maximum absolute atomic E-state index is 5.95. The van der Waals surface area contributed by atoms with Crippen molar-refractivity contribution in [3.63, 3.8) is 0 Å². The van der Waals surface area contributed by atoms with Gasteiger partial charge in [-0.15, -0.1) is 0 Å². The SMILES string of the molecule is Cc1ccc(C(CN)NC2CCCCC2)c(Br)c1. The van der Waals surface area contributed by atoms with Gasteiger partial charge in [0.2, 0.25) is 0 Å². The molecule has 2 rings (SSSR count). The zero-order chi connectivity index (χ0) is 13.0. The van der Waals surface area contributed by atoms with Crippen molar-refractivity contribution >= 4 is 15.9 Å². The van der Waals surface area contributed by atoms with Crippen LogP contribution in [-0.2, 0) is 0 Å². The molecule has 0 spiro atoms. The van der Waals surface area contributed by atoms with Gasteiger partial charge in [0.25, 0.3) is 0 Å². The molecule has 1 aromatic carbocycles. The predicted octanol–water partition coefficient (Wildman–Crippen LogP) is 3.68. The van der Waals surface area contributed by atoms with Crippen molar-refractivity contribution in [2.75, 3.05) is 6.54 Å². The molecule has 0 radical (unpaired) electrons. The number of rotatable bonds is 4. The van der Waals surface area contributed by atoms with E-state index >= 15 is 0 Å². The molecule has 1 atom stereocenters. The Morgan fingerprint density at radius 3 is 2.67 bits per heavy atom. The first-order chi connectivity index (χ1) is 8.70. The molecule has 0 aliphatic heterocycles. The third-order valence-corrected chi connectivity index (χ3v) is 4.50. The molecule has 1 fully saturated rings. The van der Waals surface area contributed by atoms with Gasteiger partial charge in [-0.05, 0) is 37.0 Å². The lowest BCUT2D eigenvalue weighted by atomic mass is 9.94. The monoisotopic (exact) mass is 310 g/mol. The highest BCUT2D eigenvalue weighted by molar-refractivity contribution is 9.10. The van der Waals surface area contributed by atoms with E-state index in [1.807, 2.05) is 0 Å². The van der Waals surface area contributed by atoms with Crippen molar-refractivity contribution in [1.82, 2.24) is 5.32 Å². The lowest BCUT2D eigenvalue weighted by Crippen LogP contribution is -2.38. The Morgan fingerprint density at radius 2 is 2.06 bits per heavy atom. The van der Waals surface area contributed by atoms with Gasteiger partial charge >= 0.3 is 0 Å². The van der Waals surface area contributed by atoms with Crippen LogP contribution in [0.2, 0.25) is 0 Å². The van der Waals surface area contributed by atoms with E-state index in [-0.39, 0.29) is 6.04 Å². The third-order valence-electron chi connectivity index (χ3n) is 3.81. The van der Waals surface area contributed by atoms with E-state index in [0.717, 1.165) is 0 Å². The molecule has 0 amide bonds. The molecule has 3 N–H and O–H groups in total. The van der Waals surface area contributed by atoms with Gasteiger partial charge in [0.05, 0.1) is 0 Å². The number of hydrogen-bond donors (Lipinski definition) is 2. The summed E-state index contributed by atoms with van der Waals surface area (Å²) in [5.41, 5.74) is 8.51. The average molecular weight is 311 g/mol. The van der Waals surface area contributed by atoms with Crippen LogP contribution in [0.25, 0.3) is 0 Å². The first-order valence-electron chi connectivity index (χ1n) is 6.93. The normalized spacial score (nSPS) is 18.8. The van der Waals surface area contributed by atoms with Crippen LogP contribution in [0.5, 0.6) is 0 Å². The van der Waals surface area contributed by atoms with Crippen LogP contribution >= 0.6 is 15.9 Å². The van der Waals surface area contributed by atoms with E-state index in [1.54, 1.807) is 0 Å². The number of aryl methyl sites for hydroxylation is 1. The summed E-state index contributed by atoms with van der Waals surface area (Å²) in [6.07, 6.45) is 6.67. The average Bonchev–Trinajstić information content (AvgIpc) is 2.38. The Hall–Kier alpha value is -0.380. The fourth-order valence-corrected chi connectivity index (χ4v) is 3.52. The molecule has 18 heavy (non-hydrogen) atoms. The molecule has 1 saturated carbocycles. The van der Waals surface area contributed by atoms with Crippen molar-refractivity contribution in [1.29, 1.82) is 0 Å². The molecule has 1 aromatic rings. The summed E-state index contributed by atoms with van der Waals surface area (Å²) in [7, 11) is 0. The van der Waals surface area contributed by atoms with Gasteiger partial charge in [-0.1, -0.05) is 47.3 Å². The summed E-state index contributed by atoms with van der Waals surface area (Å²) in [5.74, 6) is 0. The molecule has 1 unspecified atom stereocenters. The Kier molecular flexibility index (Phi) is 5.22. The number of nitrogens with one attached hydrogen (secondary N) is 1. The van der Waals surface area contributed by atoms with Crippen molar-refractivity contribution in [3.8, 4) is 0 Å². The fraction of sp³-hybridized carbons (Fsp3) is 0.600. The summed E-state index contributed by atoms with van der Waals surface area (Å²) in [6.45, 7) is 2.76. The molecule has 0 saturated heterocycles. The van der Waals surface area contributed by atoms with Crippen molar-refractivity contribution in [2.45, 2.75) is 51.1 Å². The highest BCUT2D eigenvalue weighted by Gasteiger charge is 2.19. The van der Waals surface area contributed by atoms with Crippen LogP contribution in [0.3, 0.4) is 0 Å². The van der Waals surface area contributed by atoms with Gasteiger partial charge in [-0.25, -0.2) is 0 Å². The van der Waals surface area contributed by atoms with Crippen molar-refractivity contribution in [3.05, 3.63) is 33.8 Å². The molecule has 1 aliphatic carbocycles. The van der Waals surface area contributed by atoms with Crippen LogP contribution in [0.4, 0.5) is 0 Å². The molecule has 0 heterocycles. The van der Waals surface area contributed by atoms with Crippen molar-refractivity contribution in [2.24, 2.45) is 5.73 Å². The van der Waals surface area contributed by atoms with E-state index in [9.17, 15) is 0 Å². The lowest BCUT2D eigenvalue weighted by molar-refractivity contribution is 0.340. The van der Waals surface area contributed by atoms with E-state index < -0.39 is 0 Å². The Morgan fingerprint density at radius 1 is 1.33 bits per heavy atom. The zero-order valence-corrected chi connectivity index (χ0v) is 12.7. The van der Waals surface area contributed by atoms with Gasteiger partial charge in [0.15, 0.2) is 0 Å². The number of hydrogen-bond acceptors (Lipinski definition) is 2. The Bertz CT molecular complexity index is 386. The second kappa shape index (κ2) is 6.69. The maximum Gasteiger partial charge on any atom is 0.0457 e. The molecule has 0 bridgehead atoms. The largest absolute Gasteiger partial charge is 0.329 e. The third kappa shape index (κ3) is 3.56. The maximum atomic E-state index is 5.95. The molecule has 1 aliphatic rings. The summed E-state index contributed by atoms with van der Waals surface area (Å²) in [6, 6.07) is 7.42. The standard InChI is InChI=1S/C15H23BrN2/c1-11-7-8-13(14(16)9-11)15(10-17)18-12-5-3-2-4-6-12/h7-9,12,15,18H,2-6,10,17H2,1H3.